The zero-order valence-corrected chi connectivity index (χ0v) is 15.1. The fourth-order valence-corrected chi connectivity index (χ4v) is 3.19. The van der Waals surface area contributed by atoms with Crippen molar-refractivity contribution in [3.05, 3.63) is 23.3 Å². The predicted molar refractivity (Wildman–Crippen MR) is 92.3 cm³/mol. The van der Waals surface area contributed by atoms with Gasteiger partial charge >= 0.3 is 0 Å². The zero-order valence-electron chi connectivity index (χ0n) is 15.1. The van der Waals surface area contributed by atoms with Crippen LogP contribution in [0.15, 0.2) is 12.1 Å². The van der Waals surface area contributed by atoms with Crippen LogP contribution < -0.4 is 15.2 Å². The Kier molecular flexibility index (Phi) is 6.07. The second kappa shape index (κ2) is 7.85. The number of carbonyl (C=O) groups is 1. The molecule has 0 saturated carbocycles. The maximum absolute atomic E-state index is 13.0. The molecule has 6 heteroatoms. The Morgan fingerprint density at radius 1 is 1.25 bits per heavy atom. The number of methoxy groups -OCH3 is 2. The van der Waals surface area contributed by atoms with Gasteiger partial charge in [-0.3, -0.25) is 4.79 Å². The third-order valence-corrected chi connectivity index (χ3v) is 4.89. The minimum Gasteiger partial charge on any atom is -0.493 e. The maximum atomic E-state index is 13.0. The molecule has 0 aliphatic carbocycles. The van der Waals surface area contributed by atoms with E-state index in [1.807, 2.05) is 26.1 Å². The van der Waals surface area contributed by atoms with E-state index >= 15 is 0 Å². The SMILES string of the molecule is COc1cc(C)c(CN(C)C(=O)C2(CN)CCOCC2)cc1OC. The van der Waals surface area contributed by atoms with Gasteiger partial charge in [-0.1, -0.05) is 0 Å². The summed E-state index contributed by atoms with van der Waals surface area (Å²) in [6, 6.07) is 3.86. The van der Waals surface area contributed by atoms with Gasteiger partial charge in [-0.15, -0.1) is 0 Å². The van der Waals surface area contributed by atoms with E-state index in [0.717, 1.165) is 11.1 Å². The largest absolute Gasteiger partial charge is 0.493 e. The molecule has 0 unspecified atom stereocenters. The Morgan fingerprint density at radius 2 is 1.83 bits per heavy atom. The number of ether oxygens (including phenoxy) is 3. The summed E-state index contributed by atoms with van der Waals surface area (Å²) in [5, 5.41) is 0. The van der Waals surface area contributed by atoms with Crippen LogP contribution in [0.25, 0.3) is 0 Å². The highest BCUT2D eigenvalue weighted by molar-refractivity contribution is 5.83. The van der Waals surface area contributed by atoms with Crippen LogP contribution in [0.2, 0.25) is 0 Å². The van der Waals surface area contributed by atoms with Crippen LogP contribution in [-0.4, -0.2) is 51.8 Å². The van der Waals surface area contributed by atoms with E-state index in [0.29, 0.717) is 50.6 Å². The molecule has 2 N–H and O–H groups in total. The summed E-state index contributed by atoms with van der Waals surface area (Å²) in [6.07, 6.45) is 1.36. The predicted octanol–water partition coefficient (Wildman–Crippen LogP) is 1.73. The first-order valence-corrected chi connectivity index (χ1v) is 8.22. The van der Waals surface area contributed by atoms with Gasteiger partial charge in [-0.25, -0.2) is 0 Å². The Morgan fingerprint density at radius 3 is 2.38 bits per heavy atom. The molecule has 1 saturated heterocycles. The minimum atomic E-state index is -0.503. The van der Waals surface area contributed by atoms with Crippen molar-refractivity contribution in [3.8, 4) is 11.5 Å². The third kappa shape index (κ3) is 3.65. The zero-order chi connectivity index (χ0) is 17.7. The van der Waals surface area contributed by atoms with Crippen LogP contribution in [-0.2, 0) is 16.1 Å². The molecule has 0 spiro atoms. The first kappa shape index (κ1) is 18.5. The lowest BCUT2D eigenvalue weighted by Crippen LogP contribution is -2.49. The lowest BCUT2D eigenvalue weighted by Gasteiger charge is -2.37. The summed E-state index contributed by atoms with van der Waals surface area (Å²) in [4.78, 5) is 14.7. The number of carbonyl (C=O) groups excluding carboxylic acids is 1. The van der Waals surface area contributed by atoms with E-state index in [4.69, 9.17) is 19.9 Å². The Balaban J connectivity index is 2.19. The summed E-state index contributed by atoms with van der Waals surface area (Å²) >= 11 is 0. The van der Waals surface area contributed by atoms with E-state index in [-0.39, 0.29) is 5.91 Å². The second-order valence-corrected chi connectivity index (χ2v) is 6.39. The van der Waals surface area contributed by atoms with Crippen LogP contribution in [0.4, 0.5) is 0 Å². The van der Waals surface area contributed by atoms with Crippen molar-refractivity contribution in [2.24, 2.45) is 11.1 Å². The van der Waals surface area contributed by atoms with Gasteiger partial charge < -0.3 is 24.8 Å². The van der Waals surface area contributed by atoms with Crippen molar-refractivity contribution < 1.29 is 19.0 Å². The molecule has 1 aromatic rings. The molecule has 1 amide bonds. The van der Waals surface area contributed by atoms with E-state index in [9.17, 15) is 4.79 Å². The van der Waals surface area contributed by atoms with Crippen molar-refractivity contribution in [3.63, 3.8) is 0 Å². The van der Waals surface area contributed by atoms with Gasteiger partial charge in [0.15, 0.2) is 11.5 Å². The van der Waals surface area contributed by atoms with E-state index in [1.54, 1.807) is 19.1 Å². The minimum absolute atomic E-state index is 0.0856. The van der Waals surface area contributed by atoms with Crippen LogP contribution in [0.1, 0.15) is 24.0 Å². The van der Waals surface area contributed by atoms with Crippen LogP contribution in [0, 0.1) is 12.3 Å². The Hall–Kier alpha value is -1.79. The summed E-state index contributed by atoms with van der Waals surface area (Å²) in [7, 11) is 5.05. The number of nitrogens with zero attached hydrogens (tertiary/aromatic N) is 1. The topological polar surface area (TPSA) is 74.0 Å². The highest BCUT2D eigenvalue weighted by atomic mass is 16.5. The monoisotopic (exact) mass is 336 g/mol. The van der Waals surface area contributed by atoms with Gasteiger partial charge in [0.2, 0.25) is 5.91 Å². The van der Waals surface area contributed by atoms with Crippen molar-refractivity contribution in [1.82, 2.24) is 4.90 Å². The average Bonchev–Trinajstić information content (AvgIpc) is 2.62. The molecule has 1 aliphatic rings. The van der Waals surface area contributed by atoms with E-state index in [1.165, 1.54) is 0 Å². The molecule has 1 heterocycles. The molecule has 1 fully saturated rings. The van der Waals surface area contributed by atoms with Gasteiger partial charge in [0, 0.05) is 33.4 Å². The summed E-state index contributed by atoms with van der Waals surface area (Å²) in [5.41, 5.74) is 7.53. The number of hydrogen-bond donors (Lipinski definition) is 1. The van der Waals surface area contributed by atoms with Crippen LogP contribution in [0.3, 0.4) is 0 Å². The van der Waals surface area contributed by atoms with Gasteiger partial charge in [-0.2, -0.15) is 0 Å². The smallest absolute Gasteiger partial charge is 0.230 e. The molecule has 0 bridgehead atoms. The molecule has 1 aromatic carbocycles. The summed E-state index contributed by atoms with van der Waals surface area (Å²) < 4.78 is 16.1. The van der Waals surface area contributed by atoms with Gasteiger partial charge in [0.1, 0.15) is 0 Å². The summed E-state index contributed by atoms with van der Waals surface area (Å²) in [5.74, 6) is 1.44. The van der Waals surface area contributed by atoms with Crippen molar-refractivity contribution in [2.75, 3.05) is 41.0 Å². The molecule has 134 valence electrons. The standard InChI is InChI=1S/C18H28N2O4/c1-13-9-15(22-3)16(23-4)10-14(13)11-20(2)17(21)18(12-19)5-7-24-8-6-18/h9-10H,5-8,11-12,19H2,1-4H3. The van der Waals surface area contributed by atoms with Crippen LogP contribution >= 0.6 is 0 Å². The first-order valence-electron chi connectivity index (χ1n) is 8.22. The van der Waals surface area contributed by atoms with Crippen molar-refractivity contribution >= 4 is 5.91 Å². The third-order valence-electron chi connectivity index (χ3n) is 4.89. The Bertz CT molecular complexity index is 583. The number of amides is 1. The summed E-state index contributed by atoms with van der Waals surface area (Å²) in [6.45, 7) is 4.04. The number of aryl methyl sites for hydroxylation is 1. The van der Waals surface area contributed by atoms with E-state index in [2.05, 4.69) is 0 Å². The van der Waals surface area contributed by atoms with Crippen molar-refractivity contribution in [1.29, 1.82) is 0 Å². The lowest BCUT2D eigenvalue weighted by molar-refractivity contribution is -0.146. The van der Waals surface area contributed by atoms with Crippen molar-refractivity contribution in [2.45, 2.75) is 26.3 Å². The molecule has 2 rings (SSSR count). The number of hydrogen-bond acceptors (Lipinski definition) is 5. The fourth-order valence-electron chi connectivity index (χ4n) is 3.19. The molecular weight excluding hydrogens is 308 g/mol. The van der Waals surface area contributed by atoms with E-state index < -0.39 is 5.41 Å². The van der Waals surface area contributed by atoms with Gasteiger partial charge in [0.25, 0.3) is 0 Å². The van der Waals surface area contributed by atoms with Crippen LogP contribution in [0.5, 0.6) is 11.5 Å². The maximum Gasteiger partial charge on any atom is 0.230 e. The normalized spacial score (nSPS) is 16.5. The Labute approximate surface area is 143 Å². The average molecular weight is 336 g/mol. The molecule has 0 aromatic heterocycles. The molecule has 0 radical (unpaired) electrons. The van der Waals surface area contributed by atoms with Gasteiger partial charge in [-0.05, 0) is 43.0 Å². The number of rotatable bonds is 6. The molecule has 0 atom stereocenters. The second-order valence-electron chi connectivity index (χ2n) is 6.39. The molecular formula is C18H28N2O4. The fraction of sp³-hybridized carbons (Fsp3) is 0.611. The molecule has 6 nitrogen and oxygen atoms in total. The highest BCUT2D eigenvalue weighted by Gasteiger charge is 2.40. The molecule has 1 aliphatic heterocycles. The van der Waals surface area contributed by atoms with Gasteiger partial charge in [0.05, 0.1) is 19.6 Å². The quantitative estimate of drug-likeness (QED) is 0.856. The lowest BCUT2D eigenvalue weighted by atomic mass is 9.79. The number of nitrogens with two attached hydrogens (primary N) is 1. The number of benzene rings is 1. The first-order chi connectivity index (χ1) is 11.5. The molecule has 24 heavy (non-hydrogen) atoms. The highest BCUT2D eigenvalue weighted by Crippen LogP contribution is 2.34.